The minimum atomic E-state index is -0.185. The van der Waals surface area contributed by atoms with E-state index < -0.39 is 0 Å². The van der Waals surface area contributed by atoms with Crippen LogP contribution >= 0.6 is 0 Å². The normalized spacial score (nSPS) is 10.1. The number of hydrogen-bond donors (Lipinski definition) is 2. The van der Waals surface area contributed by atoms with E-state index in [0.29, 0.717) is 39.3 Å². The van der Waals surface area contributed by atoms with Crippen molar-refractivity contribution < 1.29 is 31.4 Å². The lowest BCUT2D eigenvalue weighted by atomic mass is 10.3. The van der Waals surface area contributed by atoms with Gasteiger partial charge in [0, 0.05) is 28.8 Å². The Morgan fingerprint density at radius 2 is 1.35 bits per heavy atom. The molecule has 0 aromatic rings. The second kappa shape index (κ2) is 19.8. The van der Waals surface area contributed by atoms with Crippen molar-refractivity contribution in [2.24, 2.45) is 0 Å². The van der Waals surface area contributed by atoms with E-state index in [1.165, 1.54) is 6.92 Å². The fourth-order valence-corrected chi connectivity index (χ4v) is 1.49. The molecule has 0 saturated carbocycles. The highest BCUT2D eigenvalue weighted by Crippen LogP contribution is 1.87. The van der Waals surface area contributed by atoms with Gasteiger partial charge in [-0.3, -0.25) is 14.4 Å². The van der Waals surface area contributed by atoms with Crippen molar-refractivity contribution >= 4 is 17.6 Å². The average molecular weight is 381 g/mol. The van der Waals surface area contributed by atoms with E-state index >= 15 is 0 Å². The summed E-state index contributed by atoms with van der Waals surface area (Å²) in [5, 5.41) is 5.35. The van der Waals surface area contributed by atoms with Gasteiger partial charge in [0.2, 0.25) is 11.8 Å². The molecule has 0 saturated heterocycles. The highest BCUT2D eigenvalue weighted by Gasteiger charge is 2.03. The minimum absolute atomic E-state index is 0. The largest absolute Gasteiger partial charge is 0.379 e. The summed E-state index contributed by atoms with van der Waals surface area (Å²) in [5.41, 5.74) is 0. The molecule has 0 aliphatic heterocycles. The quantitative estimate of drug-likeness (QED) is 0.418. The molecule has 158 valence electrons. The lowest BCUT2D eigenvalue weighted by molar-refractivity contribution is -0.127. The van der Waals surface area contributed by atoms with Gasteiger partial charge >= 0.3 is 0 Å². The number of Topliss-reactive ketones (excluding diaryl/α,β-unsaturated/α-hetero) is 1. The molecule has 0 fully saturated rings. The van der Waals surface area contributed by atoms with Gasteiger partial charge in [-0.2, -0.15) is 0 Å². The van der Waals surface area contributed by atoms with Gasteiger partial charge in [-0.15, -0.1) is 0 Å². The summed E-state index contributed by atoms with van der Waals surface area (Å²) >= 11 is 0. The van der Waals surface area contributed by atoms with Gasteiger partial charge in [-0.05, 0) is 20.8 Å². The molecule has 0 heterocycles. The van der Waals surface area contributed by atoms with Gasteiger partial charge in [0.1, 0.15) is 12.4 Å². The second-order valence-corrected chi connectivity index (χ2v) is 5.49. The summed E-state index contributed by atoms with van der Waals surface area (Å²) < 4.78 is 15.6. The fourth-order valence-electron chi connectivity index (χ4n) is 1.49. The predicted octanol–water partition coefficient (Wildman–Crippen LogP) is 1.56. The highest BCUT2D eigenvalue weighted by atomic mass is 16.5. The van der Waals surface area contributed by atoms with Crippen molar-refractivity contribution in [1.82, 2.24) is 10.6 Å². The van der Waals surface area contributed by atoms with Crippen LogP contribution in [0.3, 0.4) is 0 Å². The third-order valence-electron chi connectivity index (χ3n) is 2.76. The smallest absolute Gasteiger partial charge is 0.246 e. The summed E-state index contributed by atoms with van der Waals surface area (Å²) in [4.78, 5) is 33.5. The molecule has 0 unspecified atom stereocenters. The van der Waals surface area contributed by atoms with Gasteiger partial charge in [-0.25, -0.2) is 0 Å². The number of ether oxygens (including phenoxy) is 3. The van der Waals surface area contributed by atoms with Crippen molar-refractivity contribution in [2.75, 3.05) is 46.1 Å². The van der Waals surface area contributed by atoms with Crippen molar-refractivity contribution in [2.45, 2.75) is 53.6 Å². The molecule has 0 atom stereocenters. The molecule has 0 spiro atoms. The molecule has 0 rings (SSSR count). The Hall–Kier alpha value is -1.51. The fraction of sp³-hybridized carbons (Fsp3) is 0.833. The van der Waals surface area contributed by atoms with Crippen LogP contribution < -0.4 is 10.6 Å². The first kappa shape index (κ1) is 26.7. The molecule has 8 heteroatoms. The Morgan fingerprint density at radius 3 is 1.85 bits per heavy atom. The Kier molecular flexibility index (Phi) is 20.4. The number of nitrogens with one attached hydrogen (secondary N) is 2. The molecule has 0 radical (unpaired) electrons. The van der Waals surface area contributed by atoms with Gasteiger partial charge in [0.05, 0.1) is 32.5 Å². The van der Waals surface area contributed by atoms with E-state index in [1.54, 1.807) is 0 Å². The topological polar surface area (TPSA) is 103 Å². The molecular weight excluding hydrogens is 340 g/mol. The summed E-state index contributed by atoms with van der Waals surface area (Å²) in [6.07, 6.45) is 0.657. The van der Waals surface area contributed by atoms with Crippen molar-refractivity contribution in [3.8, 4) is 0 Å². The number of amides is 2. The van der Waals surface area contributed by atoms with Gasteiger partial charge in [-0.1, -0.05) is 13.8 Å². The average Bonchev–Trinajstić information content (AvgIpc) is 2.60. The number of rotatable bonds is 15. The summed E-state index contributed by atoms with van der Waals surface area (Å²) in [5.74, 6) is -0.228. The maximum atomic E-state index is 11.5. The molecule has 8 nitrogen and oxygen atoms in total. The van der Waals surface area contributed by atoms with E-state index in [-0.39, 0.29) is 46.2 Å². The number of ketones is 1. The molecule has 0 aromatic carbocycles. The lowest BCUT2D eigenvalue weighted by Crippen LogP contribution is -2.32. The Bertz CT molecular complexity index is 385. The van der Waals surface area contributed by atoms with E-state index in [2.05, 4.69) is 10.6 Å². The van der Waals surface area contributed by atoms with Crippen LogP contribution in [0, 0.1) is 0 Å². The van der Waals surface area contributed by atoms with Crippen molar-refractivity contribution in [3.63, 3.8) is 0 Å². The van der Waals surface area contributed by atoms with Crippen molar-refractivity contribution in [3.05, 3.63) is 0 Å². The van der Waals surface area contributed by atoms with Gasteiger partial charge in [0.15, 0.2) is 0 Å². The van der Waals surface area contributed by atoms with Crippen LogP contribution in [0.4, 0.5) is 0 Å². The Morgan fingerprint density at radius 1 is 0.846 bits per heavy atom. The molecule has 2 N–H and O–H groups in total. The van der Waals surface area contributed by atoms with E-state index in [9.17, 15) is 14.4 Å². The van der Waals surface area contributed by atoms with E-state index in [1.807, 2.05) is 27.7 Å². The molecule has 2 amide bonds. The van der Waals surface area contributed by atoms with E-state index in [0.717, 1.165) is 0 Å². The standard InChI is InChI=1S/C16H30N2O6.C2H6.2H2/c1-13(2)24-12-16(21)18-7-11-23-9-5-15(20)17-6-10-22-8-4-14(3)19;1-2;;/h13H,4-12H2,1-3H3,(H,17,20)(H,18,21);1-2H3;2*1H. The van der Waals surface area contributed by atoms with Gasteiger partial charge < -0.3 is 24.8 Å². The summed E-state index contributed by atoms with van der Waals surface area (Å²) in [7, 11) is 0. The molecule has 0 bridgehead atoms. The summed E-state index contributed by atoms with van der Waals surface area (Å²) in [6, 6.07) is 0. The van der Waals surface area contributed by atoms with Crippen LogP contribution in [0.2, 0.25) is 0 Å². The predicted molar refractivity (Wildman–Crippen MR) is 104 cm³/mol. The van der Waals surface area contributed by atoms with Crippen LogP contribution in [0.25, 0.3) is 0 Å². The molecule has 26 heavy (non-hydrogen) atoms. The molecular formula is C18H40N2O6. The highest BCUT2D eigenvalue weighted by molar-refractivity contribution is 5.77. The third-order valence-corrected chi connectivity index (χ3v) is 2.76. The second-order valence-electron chi connectivity index (χ2n) is 5.49. The Balaban J connectivity index is -0.000000695. The molecule has 0 aliphatic rings. The molecule has 0 aliphatic carbocycles. The van der Waals surface area contributed by atoms with Crippen LogP contribution in [0.15, 0.2) is 0 Å². The maximum Gasteiger partial charge on any atom is 0.246 e. The third kappa shape index (κ3) is 22.5. The first-order valence-corrected chi connectivity index (χ1v) is 9.21. The maximum absolute atomic E-state index is 11.5. The zero-order valence-corrected chi connectivity index (χ0v) is 16.9. The zero-order valence-electron chi connectivity index (χ0n) is 16.9. The minimum Gasteiger partial charge on any atom is -0.379 e. The SMILES string of the molecule is CC.CC(=O)CCOCCNC(=O)CCOCCNC(=O)COC(C)C.[HH].[HH]. The number of carbonyl (C=O) groups is 3. The lowest BCUT2D eigenvalue weighted by Gasteiger charge is -2.09. The van der Waals surface area contributed by atoms with Crippen LogP contribution in [-0.4, -0.2) is 69.8 Å². The molecule has 0 aromatic heterocycles. The van der Waals surface area contributed by atoms with Gasteiger partial charge in [0.25, 0.3) is 0 Å². The Labute approximate surface area is 160 Å². The zero-order chi connectivity index (χ0) is 20.2. The number of carbonyl (C=O) groups excluding carboxylic acids is 3. The van der Waals surface area contributed by atoms with Crippen LogP contribution in [0.5, 0.6) is 0 Å². The van der Waals surface area contributed by atoms with Crippen LogP contribution in [0.1, 0.15) is 50.3 Å². The van der Waals surface area contributed by atoms with Crippen LogP contribution in [-0.2, 0) is 28.6 Å². The summed E-state index contributed by atoms with van der Waals surface area (Å²) in [6.45, 7) is 11.4. The monoisotopic (exact) mass is 380 g/mol. The van der Waals surface area contributed by atoms with Crippen molar-refractivity contribution in [1.29, 1.82) is 0 Å². The first-order valence-electron chi connectivity index (χ1n) is 9.21. The first-order chi connectivity index (χ1) is 12.4. The van der Waals surface area contributed by atoms with E-state index in [4.69, 9.17) is 14.2 Å². The number of hydrogen-bond acceptors (Lipinski definition) is 6.